The normalized spacial score (nSPS) is 12.9. The second kappa shape index (κ2) is 2.23. The lowest BCUT2D eigenvalue weighted by Crippen LogP contribution is -1.87. The Balaban J connectivity index is 2.67. The zero-order chi connectivity index (χ0) is 6.97. The van der Waals surface area contributed by atoms with Crippen LogP contribution in [0.1, 0.15) is 5.56 Å². The lowest BCUT2D eigenvalue weighted by molar-refractivity contribution is 1.11. The van der Waals surface area contributed by atoms with E-state index in [1.54, 1.807) is 12.4 Å². The van der Waals surface area contributed by atoms with Crippen molar-refractivity contribution in [2.75, 3.05) is 0 Å². The van der Waals surface area contributed by atoms with Gasteiger partial charge < -0.3 is 0 Å². The van der Waals surface area contributed by atoms with Crippen molar-refractivity contribution >= 4 is 34.5 Å². The van der Waals surface area contributed by atoms with E-state index >= 15 is 0 Å². The second-order valence-electron chi connectivity index (χ2n) is 1.97. The molecule has 3 heteroatoms. The zero-order valence-corrected chi connectivity index (χ0v) is 7.24. The summed E-state index contributed by atoms with van der Waals surface area (Å²) >= 11 is 2.27. The molecule has 1 aliphatic heterocycles. The fourth-order valence-corrected chi connectivity index (χ4v) is 1.46. The van der Waals surface area contributed by atoms with Crippen molar-refractivity contribution in [3.63, 3.8) is 0 Å². The van der Waals surface area contributed by atoms with Crippen LogP contribution in [0.4, 0.5) is 5.82 Å². The summed E-state index contributed by atoms with van der Waals surface area (Å²) < 4.78 is 1.21. The average molecular weight is 243 g/mol. The molecule has 10 heavy (non-hydrogen) atoms. The number of halogens is 1. The molecule has 0 saturated carbocycles. The smallest absolute Gasteiger partial charge is 0.160 e. The lowest BCUT2D eigenvalue weighted by Gasteiger charge is -1.96. The Hall–Kier alpha value is -0.580. The van der Waals surface area contributed by atoms with E-state index in [0.29, 0.717) is 0 Å². The molecule has 1 aromatic heterocycles. The molecule has 0 aliphatic carbocycles. The Morgan fingerprint density at radius 1 is 1.40 bits per heavy atom. The summed E-state index contributed by atoms with van der Waals surface area (Å²) in [7, 11) is 0. The van der Waals surface area contributed by atoms with E-state index in [4.69, 9.17) is 0 Å². The molecule has 2 nitrogen and oxygen atoms in total. The van der Waals surface area contributed by atoms with Crippen LogP contribution in [0.3, 0.4) is 0 Å². The van der Waals surface area contributed by atoms with E-state index in [2.05, 4.69) is 32.9 Å². The maximum atomic E-state index is 4.09. The molecule has 0 N–H and O–H groups in total. The quantitative estimate of drug-likeness (QED) is 0.639. The summed E-state index contributed by atoms with van der Waals surface area (Å²) in [5, 5.41) is 4.06. The fraction of sp³-hybridized carbons (Fsp3) is 0. The van der Waals surface area contributed by atoms with Crippen LogP contribution in [0.25, 0.3) is 6.08 Å². The van der Waals surface area contributed by atoms with E-state index in [-0.39, 0.29) is 0 Å². The zero-order valence-electron chi connectivity index (χ0n) is 5.08. The predicted octanol–water partition coefficient (Wildman–Crippen LogP) is 1.91. The molecule has 1 radical (unpaired) electrons. The number of pyridine rings is 1. The number of hydrogen-bond donors (Lipinski definition) is 0. The molecule has 0 saturated heterocycles. The van der Waals surface area contributed by atoms with Crippen LogP contribution >= 0.6 is 22.6 Å². The van der Waals surface area contributed by atoms with Gasteiger partial charge in [0.05, 0.1) is 0 Å². The number of nitrogens with zero attached hydrogens (tertiary/aromatic N) is 2. The van der Waals surface area contributed by atoms with Gasteiger partial charge in [-0.25, -0.2) is 10.3 Å². The van der Waals surface area contributed by atoms with Crippen molar-refractivity contribution in [1.82, 2.24) is 10.3 Å². The number of rotatable bonds is 0. The molecule has 0 amide bonds. The number of fused-ring (bicyclic) bond motifs is 1. The highest BCUT2D eigenvalue weighted by Crippen LogP contribution is 2.24. The monoisotopic (exact) mass is 243 g/mol. The molecule has 0 atom stereocenters. The third-order valence-corrected chi connectivity index (χ3v) is 2.29. The van der Waals surface area contributed by atoms with Crippen molar-refractivity contribution in [3.05, 3.63) is 27.6 Å². The summed E-state index contributed by atoms with van der Waals surface area (Å²) in [5.74, 6) is 0.840. The first-order valence-corrected chi connectivity index (χ1v) is 3.98. The largest absolute Gasteiger partial charge is 0.237 e. The highest BCUT2D eigenvalue weighted by molar-refractivity contribution is 14.1. The first-order valence-electron chi connectivity index (χ1n) is 2.90. The molecule has 0 aromatic carbocycles. The van der Waals surface area contributed by atoms with E-state index in [1.165, 1.54) is 3.57 Å². The van der Waals surface area contributed by atoms with Crippen LogP contribution in [-0.4, -0.2) is 4.98 Å². The van der Waals surface area contributed by atoms with Crippen LogP contribution in [0.5, 0.6) is 0 Å². The predicted molar refractivity (Wildman–Crippen MR) is 47.8 cm³/mol. The van der Waals surface area contributed by atoms with E-state index in [1.807, 2.05) is 12.1 Å². The topological polar surface area (TPSA) is 27.0 Å². The molecule has 0 unspecified atom stereocenters. The first-order chi connectivity index (χ1) is 4.88. The molecular formula is C7H4IN2. The molecule has 0 spiro atoms. The summed E-state index contributed by atoms with van der Waals surface area (Å²) in [6.07, 6.45) is 5.53. The highest BCUT2D eigenvalue weighted by atomic mass is 127. The van der Waals surface area contributed by atoms with Gasteiger partial charge in [0.25, 0.3) is 0 Å². The van der Waals surface area contributed by atoms with Crippen LogP contribution in [0.15, 0.2) is 18.5 Å². The Kier molecular flexibility index (Phi) is 1.37. The van der Waals surface area contributed by atoms with Crippen LogP contribution in [0, 0.1) is 3.57 Å². The summed E-state index contributed by atoms with van der Waals surface area (Å²) in [6.45, 7) is 0. The molecule has 49 valence electrons. The summed E-state index contributed by atoms with van der Waals surface area (Å²) in [5.41, 5.74) is 1.14. The standard InChI is InChI=1S/C7H4IN2/c8-6-2-4-10-7-5(6)1-3-9-7/h1-4H. The van der Waals surface area contributed by atoms with Crippen molar-refractivity contribution in [2.45, 2.75) is 0 Å². The Morgan fingerprint density at radius 3 is 3.10 bits per heavy atom. The van der Waals surface area contributed by atoms with Crippen molar-refractivity contribution < 1.29 is 0 Å². The van der Waals surface area contributed by atoms with Crippen molar-refractivity contribution in [3.8, 4) is 0 Å². The maximum Gasteiger partial charge on any atom is 0.160 e. The van der Waals surface area contributed by atoms with E-state index in [9.17, 15) is 0 Å². The van der Waals surface area contributed by atoms with Gasteiger partial charge in [-0.2, -0.15) is 0 Å². The van der Waals surface area contributed by atoms with Gasteiger partial charge in [-0.3, -0.25) is 0 Å². The van der Waals surface area contributed by atoms with Gasteiger partial charge >= 0.3 is 0 Å². The van der Waals surface area contributed by atoms with Crippen LogP contribution in [0.2, 0.25) is 0 Å². The van der Waals surface area contributed by atoms with Crippen LogP contribution < -0.4 is 5.32 Å². The lowest BCUT2D eigenvalue weighted by atomic mass is 10.3. The molecule has 2 heterocycles. The van der Waals surface area contributed by atoms with Gasteiger partial charge in [-0.1, -0.05) is 0 Å². The SMILES string of the molecule is Ic1ccnc2c1C=C[N]2. The fourth-order valence-electron chi connectivity index (χ4n) is 0.879. The summed E-state index contributed by atoms with van der Waals surface area (Å²) in [6, 6.07) is 1.98. The minimum atomic E-state index is 0.840. The van der Waals surface area contributed by atoms with E-state index < -0.39 is 0 Å². The third-order valence-electron chi connectivity index (χ3n) is 1.35. The number of hydrogen-bond acceptors (Lipinski definition) is 1. The molecule has 1 aromatic rings. The molecule has 0 fully saturated rings. The molecular weight excluding hydrogens is 239 g/mol. The van der Waals surface area contributed by atoms with Crippen molar-refractivity contribution in [1.29, 1.82) is 0 Å². The minimum absolute atomic E-state index is 0.840. The van der Waals surface area contributed by atoms with Gasteiger partial charge in [0.1, 0.15) is 0 Å². The Labute approximate surface area is 72.5 Å². The molecule has 1 aliphatic rings. The van der Waals surface area contributed by atoms with Gasteiger partial charge in [0.15, 0.2) is 5.82 Å². The first kappa shape index (κ1) is 6.15. The average Bonchev–Trinajstić information content (AvgIpc) is 2.36. The Morgan fingerprint density at radius 2 is 2.30 bits per heavy atom. The highest BCUT2D eigenvalue weighted by Gasteiger charge is 2.08. The van der Waals surface area contributed by atoms with Gasteiger partial charge in [-0.15, -0.1) is 0 Å². The molecule has 2 rings (SSSR count). The Bertz CT molecular complexity index is 294. The van der Waals surface area contributed by atoms with E-state index in [0.717, 1.165) is 11.4 Å². The number of aromatic nitrogens is 1. The maximum absolute atomic E-state index is 4.09. The van der Waals surface area contributed by atoms with Crippen molar-refractivity contribution in [2.24, 2.45) is 0 Å². The molecule has 0 bridgehead atoms. The van der Waals surface area contributed by atoms with Gasteiger partial charge in [-0.05, 0) is 34.7 Å². The minimum Gasteiger partial charge on any atom is -0.237 e. The second-order valence-corrected chi connectivity index (χ2v) is 3.14. The van der Waals surface area contributed by atoms with Crippen LogP contribution in [-0.2, 0) is 0 Å². The summed E-state index contributed by atoms with van der Waals surface area (Å²) in [4.78, 5) is 4.09. The van der Waals surface area contributed by atoms with Gasteiger partial charge in [0, 0.05) is 21.5 Å². The van der Waals surface area contributed by atoms with Gasteiger partial charge in [0.2, 0.25) is 0 Å². The third kappa shape index (κ3) is 0.811.